The van der Waals surface area contributed by atoms with Gasteiger partial charge in [0.05, 0.1) is 0 Å². The lowest BCUT2D eigenvalue weighted by atomic mass is 9.52. The number of carboxylic acid groups (broad SMARTS) is 2. The van der Waals surface area contributed by atoms with E-state index < -0.39 is 17.4 Å². The number of carboxylic acids is 2. The molecule has 0 spiro atoms. The molecule has 0 bridgehead atoms. The molecule has 2 aliphatic rings. The maximum Gasteiger partial charge on any atom is 0.321 e. The Morgan fingerprint density at radius 1 is 1.11 bits per heavy atom. The fraction of sp³-hybridized carbons (Fsp3) is 0.857. The molecule has 2 N–H and O–H groups in total. The molecule has 2 aliphatic carbocycles. The van der Waals surface area contributed by atoms with Crippen LogP contribution in [0.2, 0.25) is 0 Å². The van der Waals surface area contributed by atoms with Gasteiger partial charge in [0.1, 0.15) is 0 Å². The predicted octanol–water partition coefficient (Wildman–Crippen LogP) is 2.62. The minimum atomic E-state index is -1.55. The van der Waals surface area contributed by atoms with Gasteiger partial charge >= 0.3 is 11.9 Å². The van der Waals surface area contributed by atoms with Crippen molar-refractivity contribution in [3.63, 3.8) is 0 Å². The lowest BCUT2D eigenvalue weighted by Gasteiger charge is -2.50. The number of carbonyl (C=O) groups is 2. The molecule has 0 aromatic rings. The SMILES string of the molecule is CC1CC2CCCC(C)C2C(C(=O)O)(C(=O)O)C1. The maximum atomic E-state index is 11.7. The first kappa shape index (κ1) is 13.4. The molecule has 2 saturated carbocycles. The van der Waals surface area contributed by atoms with Crippen LogP contribution in [-0.4, -0.2) is 22.2 Å². The van der Waals surface area contributed by atoms with E-state index in [0.717, 1.165) is 25.7 Å². The van der Waals surface area contributed by atoms with Gasteiger partial charge in [0.15, 0.2) is 5.41 Å². The van der Waals surface area contributed by atoms with Gasteiger partial charge in [0.25, 0.3) is 0 Å². The summed E-state index contributed by atoms with van der Waals surface area (Å²) >= 11 is 0. The summed E-state index contributed by atoms with van der Waals surface area (Å²) in [5.74, 6) is -1.81. The van der Waals surface area contributed by atoms with Crippen LogP contribution < -0.4 is 0 Å². The molecule has 0 aromatic carbocycles. The monoisotopic (exact) mass is 254 g/mol. The van der Waals surface area contributed by atoms with E-state index in [1.807, 2.05) is 13.8 Å². The van der Waals surface area contributed by atoms with Crippen LogP contribution in [-0.2, 0) is 9.59 Å². The summed E-state index contributed by atoms with van der Waals surface area (Å²) in [6, 6.07) is 0. The Morgan fingerprint density at radius 2 is 1.72 bits per heavy atom. The highest BCUT2D eigenvalue weighted by atomic mass is 16.4. The van der Waals surface area contributed by atoms with E-state index in [0.29, 0.717) is 0 Å². The van der Waals surface area contributed by atoms with Crippen molar-refractivity contribution in [1.29, 1.82) is 0 Å². The zero-order valence-electron chi connectivity index (χ0n) is 11.1. The van der Waals surface area contributed by atoms with Crippen molar-refractivity contribution in [3.8, 4) is 0 Å². The smallest absolute Gasteiger partial charge is 0.321 e. The summed E-state index contributed by atoms with van der Waals surface area (Å²) in [6.07, 6.45) is 4.31. The average molecular weight is 254 g/mol. The number of hydrogen-bond acceptors (Lipinski definition) is 2. The van der Waals surface area contributed by atoms with Gasteiger partial charge in [0.2, 0.25) is 0 Å². The molecule has 0 saturated heterocycles. The first-order chi connectivity index (χ1) is 8.39. The van der Waals surface area contributed by atoms with Crippen LogP contribution in [0, 0.1) is 29.1 Å². The van der Waals surface area contributed by atoms with Crippen LogP contribution in [0.5, 0.6) is 0 Å². The van der Waals surface area contributed by atoms with Crippen LogP contribution in [0.15, 0.2) is 0 Å². The molecule has 0 heterocycles. The van der Waals surface area contributed by atoms with Crippen molar-refractivity contribution < 1.29 is 19.8 Å². The van der Waals surface area contributed by atoms with Crippen LogP contribution in [0.4, 0.5) is 0 Å². The fourth-order valence-corrected chi connectivity index (χ4v) is 4.52. The highest BCUT2D eigenvalue weighted by Crippen LogP contribution is 2.55. The molecule has 0 aromatic heterocycles. The molecule has 102 valence electrons. The first-order valence-electron chi connectivity index (χ1n) is 6.86. The number of hydrogen-bond donors (Lipinski definition) is 2. The lowest BCUT2D eigenvalue weighted by Crippen LogP contribution is -2.55. The number of aliphatic carboxylic acids is 2. The Morgan fingerprint density at radius 3 is 2.28 bits per heavy atom. The third-order valence-electron chi connectivity index (χ3n) is 5.06. The molecule has 0 radical (unpaired) electrons. The van der Waals surface area contributed by atoms with Gasteiger partial charge in [-0.25, -0.2) is 0 Å². The fourth-order valence-electron chi connectivity index (χ4n) is 4.52. The van der Waals surface area contributed by atoms with Crippen LogP contribution in [0.3, 0.4) is 0 Å². The largest absolute Gasteiger partial charge is 0.480 e. The second kappa shape index (κ2) is 4.56. The van der Waals surface area contributed by atoms with E-state index in [1.54, 1.807) is 0 Å². The summed E-state index contributed by atoms with van der Waals surface area (Å²) in [4.78, 5) is 23.4. The van der Waals surface area contributed by atoms with Gasteiger partial charge in [-0.1, -0.05) is 33.1 Å². The maximum absolute atomic E-state index is 11.7. The van der Waals surface area contributed by atoms with Crippen molar-refractivity contribution in [3.05, 3.63) is 0 Å². The Labute approximate surface area is 107 Å². The Bertz CT molecular complexity index is 349. The van der Waals surface area contributed by atoms with Crippen molar-refractivity contribution >= 4 is 11.9 Å². The Kier molecular flexibility index (Phi) is 3.39. The molecule has 4 atom stereocenters. The minimum Gasteiger partial charge on any atom is -0.480 e. The van der Waals surface area contributed by atoms with Crippen molar-refractivity contribution in [1.82, 2.24) is 0 Å². The molecule has 4 heteroatoms. The van der Waals surface area contributed by atoms with E-state index in [9.17, 15) is 19.8 Å². The van der Waals surface area contributed by atoms with E-state index in [-0.39, 0.29) is 30.1 Å². The summed E-state index contributed by atoms with van der Waals surface area (Å²) in [7, 11) is 0. The van der Waals surface area contributed by atoms with E-state index in [2.05, 4.69) is 0 Å². The summed E-state index contributed by atoms with van der Waals surface area (Å²) in [6.45, 7) is 4.00. The highest BCUT2D eigenvalue weighted by Gasteiger charge is 2.60. The zero-order chi connectivity index (χ0) is 13.5. The second-order valence-electron chi connectivity index (χ2n) is 6.32. The molecule has 4 unspecified atom stereocenters. The van der Waals surface area contributed by atoms with E-state index in [1.165, 1.54) is 0 Å². The topological polar surface area (TPSA) is 74.6 Å². The number of fused-ring (bicyclic) bond motifs is 1. The molecular weight excluding hydrogens is 232 g/mol. The summed E-state index contributed by atoms with van der Waals surface area (Å²) in [5.41, 5.74) is -1.55. The molecule has 0 aliphatic heterocycles. The van der Waals surface area contributed by atoms with Crippen molar-refractivity contribution in [2.24, 2.45) is 29.1 Å². The predicted molar refractivity (Wildman–Crippen MR) is 66.1 cm³/mol. The second-order valence-corrected chi connectivity index (χ2v) is 6.32. The van der Waals surface area contributed by atoms with Crippen molar-refractivity contribution in [2.75, 3.05) is 0 Å². The zero-order valence-corrected chi connectivity index (χ0v) is 11.1. The van der Waals surface area contributed by atoms with Crippen molar-refractivity contribution in [2.45, 2.75) is 46.0 Å². The summed E-state index contributed by atoms with van der Waals surface area (Å²) < 4.78 is 0. The lowest BCUT2D eigenvalue weighted by molar-refractivity contribution is -0.182. The van der Waals surface area contributed by atoms with Gasteiger partial charge in [-0.2, -0.15) is 0 Å². The highest BCUT2D eigenvalue weighted by molar-refractivity contribution is 5.98. The first-order valence-corrected chi connectivity index (χ1v) is 6.86. The standard InChI is InChI=1S/C14H22O4/c1-8-6-10-5-3-4-9(2)11(10)14(7-8,12(15)16)13(17)18/h8-11H,3-7H2,1-2H3,(H,15,16)(H,17,18). The quantitative estimate of drug-likeness (QED) is 0.743. The van der Waals surface area contributed by atoms with Gasteiger partial charge in [-0.15, -0.1) is 0 Å². The van der Waals surface area contributed by atoms with E-state index in [4.69, 9.17) is 0 Å². The average Bonchev–Trinajstić information content (AvgIpc) is 2.26. The third-order valence-corrected chi connectivity index (χ3v) is 5.06. The van der Waals surface area contributed by atoms with E-state index >= 15 is 0 Å². The normalized spacial score (nSPS) is 38.8. The minimum absolute atomic E-state index is 0.184. The Hall–Kier alpha value is -1.06. The molecule has 4 nitrogen and oxygen atoms in total. The van der Waals surface area contributed by atoms with Gasteiger partial charge in [-0.05, 0) is 36.5 Å². The summed E-state index contributed by atoms with van der Waals surface area (Å²) in [5, 5.41) is 19.1. The number of rotatable bonds is 2. The van der Waals surface area contributed by atoms with Gasteiger partial charge in [0, 0.05) is 0 Å². The molecule has 18 heavy (non-hydrogen) atoms. The molecule has 2 rings (SSSR count). The van der Waals surface area contributed by atoms with Gasteiger partial charge in [-0.3, -0.25) is 9.59 Å². The Balaban J connectivity index is 2.46. The molecule has 2 fully saturated rings. The van der Waals surface area contributed by atoms with Gasteiger partial charge < -0.3 is 10.2 Å². The third kappa shape index (κ3) is 1.82. The van der Waals surface area contributed by atoms with Crippen LogP contribution in [0.1, 0.15) is 46.0 Å². The molecular formula is C14H22O4. The van der Waals surface area contributed by atoms with Crippen LogP contribution in [0.25, 0.3) is 0 Å². The van der Waals surface area contributed by atoms with Crippen LogP contribution >= 0.6 is 0 Å². The molecule has 0 amide bonds.